The summed E-state index contributed by atoms with van der Waals surface area (Å²) in [7, 11) is -4.76. The molecule has 0 fully saturated rings. The number of hydrogen-bond donors (Lipinski definition) is 2. The Morgan fingerprint density at radius 2 is 1.88 bits per heavy atom. The average molecular weight is 250 g/mol. The highest BCUT2D eigenvalue weighted by Crippen LogP contribution is 2.42. The number of nitrogens with zero attached hydrogens (tertiary/aromatic N) is 2. The van der Waals surface area contributed by atoms with Crippen LogP contribution in [0.15, 0.2) is 0 Å². The Hall–Kier alpha value is -1.00. The molecule has 92 valence electrons. The maximum atomic E-state index is 11.5. The predicted octanol–water partition coefficient (Wildman–Crippen LogP) is 0.565. The van der Waals surface area contributed by atoms with Gasteiger partial charge in [-0.05, 0) is 20.8 Å². The van der Waals surface area contributed by atoms with Gasteiger partial charge < -0.3 is 20.1 Å². The number of hydrogen-bond acceptors (Lipinski definition) is 3. The lowest BCUT2D eigenvalue weighted by Gasteiger charge is -2.22. The molecule has 0 aliphatic carbocycles. The maximum absolute atomic E-state index is 11.5. The van der Waals surface area contributed by atoms with Crippen LogP contribution in [0.2, 0.25) is 0 Å². The third-order valence-electron chi connectivity index (χ3n) is 1.52. The van der Waals surface area contributed by atoms with Crippen LogP contribution in [0.5, 0.6) is 0 Å². The topological polar surface area (TPSA) is 120 Å². The quantitative estimate of drug-likeness (QED) is 0.249. The largest absolute Gasteiger partial charge is 0.459 e. The smallest absolute Gasteiger partial charge is 0.351 e. The van der Waals surface area contributed by atoms with E-state index in [2.05, 4.69) is 4.79 Å². The Kier molecular flexibility index (Phi) is 4.58. The predicted molar refractivity (Wildman–Crippen MR) is 56.0 cm³/mol. The van der Waals surface area contributed by atoms with Crippen LogP contribution in [-0.2, 0) is 14.1 Å². The van der Waals surface area contributed by atoms with E-state index in [1.807, 2.05) is 0 Å². The fourth-order valence-electron chi connectivity index (χ4n) is 0.964. The van der Waals surface area contributed by atoms with E-state index in [0.717, 1.165) is 6.92 Å². The molecule has 1 atom stereocenters. The van der Waals surface area contributed by atoms with Crippen LogP contribution in [0.1, 0.15) is 27.7 Å². The number of rotatable bonds is 3. The summed E-state index contributed by atoms with van der Waals surface area (Å²) in [4.78, 5) is 32.1. The highest BCUT2D eigenvalue weighted by atomic mass is 31.2. The molecule has 7 nitrogen and oxygen atoms in total. The van der Waals surface area contributed by atoms with E-state index in [1.165, 1.54) is 0 Å². The van der Waals surface area contributed by atoms with E-state index < -0.39 is 24.8 Å². The summed E-state index contributed by atoms with van der Waals surface area (Å²) in [6.45, 7) is 5.82. The van der Waals surface area contributed by atoms with E-state index in [4.69, 9.17) is 20.1 Å². The SMILES string of the molecule is CC(=[N+]=[N-])C(C(=O)OC(C)(C)C)P(=O)(O)O. The molecule has 0 amide bonds. The van der Waals surface area contributed by atoms with Gasteiger partial charge >= 0.3 is 13.6 Å². The minimum atomic E-state index is -4.76. The first-order chi connectivity index (χ1) is 6.99. The lowest BCUT2D eigenvalue weighted by molar-refractivity contribution is -0.153. The van der Waals surface area contributed by atoms with E-state index in [1.54, 1.807) is 20.8 Å². The molecular formula is C8H15N2O5P. The molecule has 0 aliphatic rings. The third-order valence-corrected chi connectivity index (χ3v) is 2.78. The van der Waals surface area contributed by atoms with Gasteiger partial charge in [-0.2, -0.15) is 4.79 Å². The summed E-state index contributed by atoms with van der Waals surface area (Å²) in [5.41, 5.74) is 5.33. The normalized spacial score (nSPS) is 13.9. The Labute approximate surface area is 93.2 Å². The molecule has 1 unspecified atom stereocenters. The molecule has 0 aromatic rings. The third kappa shape index (κ3) is 4.68. The fourth-order valence-corrected chi connectivity index (χ4v) is 1.83. The second kappa shape index (κ2) is 4.89. The maximum Gasteiger partial charge on any atom is 0.351 e. The summed E-state index contributed by atoms with van der Waals surface area (Å²) < 4.78 is 15.9. The van der Waals surface area contributed by atoms with Gasteiger partial charge in [-0.3, -0.25) is 9.36 Å². The van der Waals surface area contributed by atoms with Gasteiger partial charge in [0.25, 0.3) is 11.4 Å². The van der Waals surface area contributed by atoms with Crippen molar-refractivity contribution in [1.29, 1.82) is 0 Å². The van der Waals surface area contributed by atoms with Gasteiger partial charge in [0.2, 0.25) is 0 Å². The molecule has 0 spiro atoms. The number of ether oxygens (including phenoxy) is 1. The fraction of sp³-hybridized carbons (Fsp3) is 0.750. The van der Waals surface area contributed by atoms with Crippen molar-refractivity contribution in [3.8, 4) is 0 Å². The zero-order chi connectivity index (χ0) is 13.1. The van der Waals surface area contributed by atoms with Gasteiger partial charge in [0, 0.05) is 6.92 Å². The molecule has 0 heterocycles. The van der Waals surface area contributed by atoms with Crippen LogP contribution in [0, 0.1) is 0 Å². The minimum Gasteiger partial charge on any atom is -0.459 e. The van der Waals surface area contributed by atoms with Crippen molar-refractivity contribution in [3.63, 3.8) is 0 Å². The van der Waals surface area contributed by atoms with Gasteiger partial charge in [-0.25, -0.2) is 0 Å². The lowest BCUT2D eigenvalue weighted by atomic mass is 10.2. The van der Waals surface area contributed by atoms with Crippen LogP contribution in [-0.4, -0.2) is 37.5 Å². The molecule has 0 aromatic carbocycles. The Morgan fingerprint density at radius 3 is 2.12 bits per heavy atom. The van der Waals surface area contributed by atoms with Crippen molar-refractivity contribution in [2.75, 3.05) is 0 Å². The van der Waals surface area contributed by atoms with Crippen molar-refractivity contribution in [2.45, 2.75) is 39.0 Å². The number of esters is 1. The molecule has 0 aliphatic heterocycles. The van der Waals surface area contributed by atoms with Crippen molar-refractivity contribution in [3.05, 3.63) is 5.53 Å². The lowest BCUT2D eigenvalue weighted by Crippen LogP contribution is -2.36. The summed E-state index contributed by atoms with van der Waals surface area (Å²) in [5.74, 6) is -1.11. The van der Waals surface area contributed by atoms with E-state index >= 15 is 0 Å². The molecule has 0 rings (SSSR count). The van der Waals surface area contributed by atoms with Crippen molar-refractivity contribution in [2.24, 2.45) is 0 Å². The molecule has 16 heavy (non-hydrogen) atoms. The Bertz CT molecular complexity index is 370. The van der Waals surface area contributed by atoms with Gasteiger partial charge in [-0.1, -0.05) is 0 Å². The van der Waals surface area contributed by atoms with Crippen molar-refractivity contribution in [1.82, 2.24) is 0 Å². The van der Waals surface area contributed by atoms with Crippen molar-refractivity contribution < 1.29 is 28.7 Å². The van der Waals surface area contributed by atoms with Crippen LogP contribution < -0.4 is 0 Å². The van der Waals surface area contributed by atoms with Crippen LogP contribution in [0.4, 0.5) is 0 Å². The molecule has 0 radical (unpaired) electrons. The second-order valence-electron chi connectivity index (χ2n) is 4.27. The van der Waals surface area contributed by atoms with Gasteiger partial charge in [-0.15, -0.1) is 0 Å². The molecule has 0 aromatic heterocycles. The van der Waals surface area contributed by atoms with Crippen molar-refractivity contribution >= 4 is 19.3 Å². The van der Waals surface area contributed by atoms with E-state index in [-0.39, 0.29) is 5.71 Å². The first-order valence-corrected chi connectivity index (χ1v) is 6.14. The van der Waals surface area contributed by atoms with Crippen LogP contribution >= 0.6 is 7.60 Å². The van der Waals surface area contributed by atoms with Gasteiger partial charge in [0.05, 0.1) is 0 Å². The first kappa shape index (κ1) is 15.0. The summed E-state index contributed by atoms with van der Waals surface area (Å²) in [6.07, 6.45) is 0. The minimum absolute atomic E-state index is 0.386. The molecule has 0 bridgehead atoms. The molecular weight excluding hydrogens is 235 g/mol. The van der Waals surface area contributed by atoms with E-state index in [9.17, 15) is 9.36 Å². The summed E-state index contributed by atoms with van der Waals surface area (Å²) in [6, 6.07) is 0. The standard InChI is InChI=1S/C8H15N2O5P/c1-5(10-9)6(16(12,13)14)7(11)15-8(2,3)4/h6H,1-4H3,(H2,12,13,14). The highest BCUT2D eigenvalue weighted by Gasteiger charge is 2.45. The molecule has 0 saturated carbocycles. The monoisotopic (exact) mass is 250 g/mol. The zero-order valence-electron chi connectivity index (χ0n) is 9.54. The summed E-state index contributed by atoms with van der Waals surface area (Å²) in [5, 5.41) is 0. The molecule has 8 heteroatoms. The highest BCUT2D eigenvalue weighted by molar-refractivity contribution is 7.55. The van der Waals surface area contributed by atoms with Gasteiger partial charge in [0.1, 0.15) is 5.60 Å². The molecule has 0 saturated heterocycles. The number of carbonyl (C=O) groups is 1. The zero-order valence-corrected chi connectivity index (χ0v) is 10.4. The van der Waals surface area contributed by atoms with E-state index in [0.29, 0.717) is 0 Å². The Morgan fingerprint density at radius 1 is 1.44 bits per heavy atom. The average Bonchev–Trinajstić information content (AvgIpc) is 1.97. The van der Waals surface area contributed by atoms with Crippen LogP contribution in [0.3, 0.4) is 0 Å². The second-order valence-corrected chi connectivity index (χ2v) is 5.96. The first-order valence-electron chi connectivity index (χ1n) is 4.45. The summed E-state index contributed by atoms with van der Waals surface area (Å²) >= 11 is 0. The number of carbonyl (C=O) groups excluding carboxylic acids is 1. The molecule has 2 N–H and O–H groups in total. The Balaban J connectivity index is 5.17. The van der Waals surface area contributed by atoms with Crippen LogP contribution in [0.25, 0.3) is 5.53 Å². The van der Waals surface area contributed by atoms with Gasteiger partial charge in [0.15, 0.2) is 0 Å².